The molecule has 96 valence electrons. The molecule has 1 atom stereocenters. The van der Waals surface area contributed by atoms with Gasteiger partial charge in [-0.3, -0.25) is 0 Å². The lowest BCUT2D eigenvalue weighted by atomic mass is 10.0. The van der Waals surface area contributed by atoms with Crippen LogP contribution >= 0.6 is 11.8 Å². The first-order valence-corrected chi connectivity index (χ1v) is 7.03. The molecule has 2 N–H and O–H groups in total. The molecule has 5 nitrogen and oxygen atoms in total. The fourth-order valence-corrected chi connectivity index (χ4v) is 2.54. The van der Waals surface area contributed by atoms with E-state index in [4.69, 9.17) is 15.0 Å². The van der Waals surface area contributed by atoms with Gasteiger partial charge in [0.2, 0.25) is 5.89 Å². The van der Waals surface area contributed by atoms with Crippen molar-refractivity contribution in [3.05, 3.63) is 11.7 Å². The molecule has 1 aromatic rings. The fourth-order valence-electron chi connectivity index (χ4n) is 1.65. The second kappa shape index (κ2) is 5.37. The molecule has 0 amide bonds. The Balaban J connectivity index is 1.91. The topological polar surface area (TPSA) is 74.2 Å². The molecule has 1 saturated heterocycles. The molecule has 0 aliphatic carbocycles. The van der Waals surface area contributed by atoms with E-state index in [1.165, 1.54) is 0 Å². The number of hydrogen-bond acceptors (Lipinski definition) is 6. The number of aromatic nitrogens is 2. The van der Waals surface area contributed by atoms with Crippen LogP contribution in [-0.4, -0.2) is 29.1 Å². The van der Waals surface area contributed by atoms with Crippen molar-refractivity contribution in [3.8, 4) is 0 Å². The van der Waals surface area contributed by atoms with Gasteiger partial charge in [-0.05, 0) is 18.1 Å². The molecule has 1 aliphatic rings. The van der Waals surface area contributed by atoms with Crippen molar-refractivity contribution < 1.29 is 9.26 Å². The van der Waals surface area contributed by atoms with E-state index in [0.717, 1.165) is 23.8 Å². The lowest BCUT2D eigenvalue weighted by Crippen LogP contribution is -2.37. The van der Waals surface area contributed by atoms with Crippen LogP contribution in [0.3, 0.4) is 0 Å². The molecule has 0 bridgehead atoms. The molecule has 0 aromatic carbocycles. The van der Waals surface area contributed by atoms with Gasteiger partial charge < -0.3 is 15.0 Å². The van der Waals surface area contributed by atoms with Gasteiger partial charge in [0.05, 0.1) is 12.4 Å². The number of nitrogens with zero attached hydrogens (tertiary/aromatic N) is 2. The zero-order valence-corrected chi connectivity index (χ0v) is 11.1. The van der Waals surface area contributed by atoms with Crippen molar-refractivity contribution in [1.29, 1.82) is 0 Å². The summed E-state index contributed by atoms with van der Waals surface area (Å²) in [6, 6.07) is 0. The number of hydrogen-bond donors (Lipinski definition) is 1. The largest absolute Gasteiger partial charge is 0.379 e. The molecule has 0 saturated carbocycles. The van der Waals surface area contributed by atoms with Crippen molar-refractivity contribution in [2.45, 2.75) is 31.6 Å². The molecular formula is C11H19N3O2S. The molecule has 1 unspecified atom stereocenters. The minimum atomic E-state index is -0.575. The Kier molecular flexibility index (Phi) is 4.06. The Bertz CT molecular complexity index is 361. The van der Waals surface area contributed by atoms with Crippen molar-refractivity contribution in [2.75, 3.05) is 19.0 Å². The third-order valence-electron chi connectivity index (χ3n) is 2.63. The third-order valence-corrected chi connectivity index (χ3v) is 3.99. The Morgan fingerprint density at radius 1 is 1.53 bits per heavy atom. The molecular weight excluding hydrogens is 238 g/mol. The van der Waals surface area contributed by atoms with Crippen LogP contribution in [-0.2, 0) is 16.0 Å². The minimum absolute atomic E-state index is 0.466. The number of nitrogens with two attached hydrogens (primary N) is 1. The Morgan fingerprint density at radius 3 is 3.00 bits per heavy atom. The van der Waals surface area contributed by atoms with Crippen LogP contribution in [0, 0.1) is 5.92 Å². The molecule has 1 aliphatic heterocycles. The third kappa shape index (κ3) is 3.20. The number of ether oxygens (including phenoxy) is 1. The summed E-state index contributed by atoms with van der Waals surface area (Å²) < 4.78 is 10.5. The maximum absolute atomic E-state index is 6.14. The van der Waals surface area contributed by atoms with Gasteiger partial charge in [0, 0.05) is 6.61 Å². The highest BCUT2D eigenvalue weighted by atomic mass is 32.2. The van der Waals surface area contributed by atoms with E-state index in [9.17, 15) is 0 Å². The standard InChI is InChI=1S/C11H19N3O2S/c1-8(2)5-17-6-9-13-10(16-14-9)11(12)3-4-15-7-11/h8H,3-7,12H2,1-2H3. The molecule has 2 heterocycles. The maximum atomic E-state index is 6.14. The van der Waals surface area contributed by atoms with Crippen LogP contribution in [0.5, 0.6) is 0 Å². The monoisotopic (exact) mass is 257 g/mol. The highest BCUT2D eigenvalue weighted by molar-refractivity contribution is 7.98. The summed E-state index contributed by atoms with van der Waals surface area (Å²) in [6.07, 6.45) is 0.744. The Morgan fingerprint density at radius 2 is 2.35 bits per heavy atom. The predicted molar refractivity (Wildman–Crippen MR) is 66.6 cm³/mol. The van der Waals surface area contributed by atoms with E-state index in [2.05, 4.69) is 24.0 Å². The van der Waals surface area contributed by atoms with Gasteiger partial charge in [-0.15, -0.1) is 0 Å². The molecule has 6 heteroatoms. The summed E-state index contributed by atoms with van der Waals surface area (Å²) in [5.74, 6) is 3.78. The van der Waals surface area contributed by atoms with Crippen molar-refractivity contribution in [3.63, 3.8) is 0 Å². The molecule has 2 rings (SSSR count). The van der Waals surface area contributed by atoms with Crippen LogP contribution in [0.4, 0.5) is 0 Å². The summed E-state index contributed by atoms with van der Waals surface area (Å²) in [5.41, 5.74) is 5.57. The quantitative estimate of drug-likeness (QED) is 0.862. The first-order chi connectivity index (χ1) is 8.10. The summed E-state index contributed by atoms with van der Waals surface area (Å²) in [7, 11) is 0. The predicted octanol–water partition coefficient (Wildman–Crippen LogP) is 1.53. The summed E-state index contributed by atoms with van der Waals surface area (Å²) >= 11 is 1.81. The van der Waals surface area contributed by atoms with Gasteiger partial charge in [0.25, 0.3) is 0 Å². The summed E-state index contributed by atoms with van der Waals surface area (Å²) in [6.45, 7) is 5.52. The van der Waals surface area contributed by atoms with Gasteiger partial charge in [0.15, 0.2) is 5.82 Å². The molecule has 1 fully saturated rings. The van der Waals surface area contributed by atoms with Crippen LogP contribution < -0.4 is 5.73 Å². The van der Waals surface area contributed by atoms with Gasteiger partial charge in [0.1, 0.15) is 5.54 Å². The molecule has 0 spiro atoms. The maximum Gasteiger partial charge on any atom is 0.249 e. The first kappa shape index (κ1) is 12.9. The van der Waals surface area contributed by atoms with Crippen molar-refractivity contribution in [1.82, 2.24) is 10.1 Å². The van der Waals surface area contributed by atoms with Gasteiger partial charge in [-0.25, -0.2) is 0 Å². The normalized spacial score (nSPS) is 24.7. The second-order valence-electron chi connectivity index (χ2n) is 4.88. The van der Waals surface area contributed by atoms with E-state index < -0.39 is 5.54 Å². The molecule has 1 aromatic heterocycles. The van der Waals surface area contributed by atoms with Gasteiger partial charge >= 0.3 is 0 Å². The zero-order valence-electron chi connectivity index (χ0n) is 10.3. The first-order valence-electron chi connectivity index (χ1n) is 5.87. The van der Waals surface area contributed by atoms with Crippen LogP contribution in [0.2, 0.25) is 0 Å². The van der Waals surface area contributed by atoms with Crippen molar-refractivity contribution in [2.24, 2.45) is 11.7 Å². The lowest BCUT2D eigenvalue weighted by Gasteiger charge is -2.14. The highest BCUT2D eigenvalue weighted by Gasteiger charge is 2.38. The number of thioether (sulfide) groups is 1. The van der Waals surface area contributed by atoms with Gasteiger partial charge in [-0.1, -0.05) is 19.0 Å². The van der Waals surface area contributed by atoms with E-state index in [1.54, 1.807) is 0 Å². The van der Waals surface area contributed by atoms with Crippen LogP contribution in [0.25, 0.3) is 0 Å². The Labute approximate surface area is 105 Å². The zero-order chi connectivity index (χ0) is 12.3. The van der Waals surface area contributed by atoms with Crippen LogP contribution in [0.1, 0.15) is 32.0 Å². The van der Waals surface area contributed by atoms with Crippen LogP contribution in [0.15, 0.2) is 4.52 Å². The SMILES string of the molecule is CC(C)CSCc1noc(C2(N)CCOC2)n1. The smallest absolute Gasteiger partial charge is 0.249 e. The highest BCUT2D eigenvalue weighted by Crippen LogP contribution is 2.26. The summed E-state index contributed by atoms with van der Waals surface area (Å²) in [4.78, 5) is 4.36. The average molecular weight is 257 g/mol. The van der Waals surface area contributed by atoms with E-state index in [-0.39, 0.29) is 0 Å². The average Bonchev–Trinajstić information content (AvgIpc) is 2.87. The van der Waals surface area contributed by atoms with E-state index in [0.29, 0.717) is 25.0 Å². The second-order valence-corrected chi connectivity index (χ2v) is 5.91. The lowest BCUT2D eigenvalue weighted by molar-refractivity contribution is 0.166. The summed E-state index contributed by atoms with van der Waals surface area (Å²) in [5, 5.41) is 3.96. The fraction of sp³-hybridized carbons (Fsp3) is 0.818. The van der Waals surface area contributed by atoms with E-state index >= 15 is 0 Å². The molecule has 0 radical (unpaired) electrons. The van der Waals surface area contributed by atoms with E-state index in [1.807, 2.05) is 11.8 Å². The minimum Gasteiger partial charge on any atom is -0.379 e. The number of rotatable bonds is 5. The van der Waals surface area contributed by atoms with Gasteiger partial charge in [-0.2, -0.15) is 16.7 Å². The Hall–Kier alpha value is -0.590. The van der Waals surface area contributed by atoms with Crippen molar-refractivity contribution >= 4 is 11.8 Å². The molecule has 17 heavy (non-hydrogen) atoms.